The molecule has 9 heteroatoms. The standard InChI is InChI=1S/C16H18N4O4S/c21-14(17-9-11-3-1-7-23-11)10-25-15-6-5-13(19-20-15)18-16(22)12-4-2-8-24-12/h2,4-6,8,11H,1,3,7,9-10H2,(H,17,21)(H,18,19,22). The van der Waals surface area contributed by atoms with Crippen LogP contribution >= 0.6 is 11.8 Å². The summed E-state index contributed by atoms with van der Waals surface area (Å²) in [6.45, 7) is 1.32. The Kier molecular flexibility index (Phi) is 6.02. The lowest BCUT2D eigenvalue weighted by Gasteiger charge is -2.10. The van der Waals surface area contributed by atoms with Crippen LogP contribution in [0.4, 0.5) is 5.82 Å². The van der Waals surface area contributed by atoms with E-state index in [2.05, 4.69) is 20.8 Å². The van der Waals surface area contributed by atoms with Crippen LogP contribution in [-0.4, -0.2) is 47.0 Å². The minimum atomic E-state index is -0.395. The van der Waals surface area contributed by atoms with Gasteiger partial charge in [0.1, 0.15) is 5.03 Å². The van der Waals surface area contributed by atoms with Gasteiger partial charge in [0.05, 0.1) is 18.1 Å². The second-order valence-corrected chi connectivity index (χ2v) is 6.41. The molecular weight excluding hydrogens is 344 g/mol. The Labute approximate surface area is 148 Å². The number of carbonyl (C=O) groups is 2. The van der Waals surface area contributed by atoms with Crippen LogP contribution in [0.15, 0.2) is 40.0 Å². The maximum atomic E-state index is 11.8. The van der Waals surface area contributed by atoms with Crippen molar-refractivity contribution in [3.05, 3.63) is 36.3 Å². The highest BCUT2D eigenvalue weighted by molar-refractivity contribution is 7.99. The van der Waals surface area contributed by atoms with Crippen molar-refractivity contribution >= 4 is 29.4 Å². The van der Waals surface area contributed by atoms with Gasteiger partial charge in [-0.15, -0.1) is 10.2 Å². The van der Waals surface area contributed by atoms with E-state index in [1.807, 2.05) is 0 Å². The third-order valence-electron chi connectivity index (χ3n) is 3.53. The summed E-state index contributed by atoms with van der Waals surface area (Å²) in [6, 6.07) is 6.51. The van der Waals surface area contributed by atoms with Gasteiger partial charge in [-0.25, -0.2) is 0 Å². The number of hydrogen-bond acceptors (Lipinski definition) is 7. The highest BCUT2D eigenvalue weighted by Gasteiger charge is 2.16. The van der Waals surface area contributed by atoms with E-state index in [1.165, 1.54) is 18.0 Å². The van der Waals surface area contributed by atoms with Crippen molar-refractivity contribution in [2.24, 2.45) is 0 Å². The molecule has 0 spiro atoms. The Morgan fingerprint density at radius 1 is 1.28 bits per heavy atom. The summed E-state index contributed by atoms with van der Waals surface area (Å²) in [4.78, 5) is 23.6. The van der Waals surface area contributed by atoms with Crippen LogP contribution in [0.2, 0.25) is 0 Å². The molecule has 1 saturated heterocycles. The number of ether oxygens (including phenoxy) is 1. The van der Waals surface area contributed by atoms with E-state index in [0.29, 0.717) is 17.4 Å². The van der Waals surface area contributed by atoms with Crippen molar-refractivity contribution in [2.45, 2.75) is 24.0 Å². The van der Waals surface area contributed by atoms with E-state index in [9.17, 15) is 9.59 Å². The maximum absolute atomic E-state index is 11.8. The van der Waals surface area contributed by atoms with Crippen LogP contribution in [-0.2, 0) is 9.53 Å². The lowest BCUT2D eigenvalue weighted by atomic mass is 10.2. The summed E-state index contributed by atoms with van der Waals surface area (Å²) >= 11 is 1.28. The zero-order valence-electron chi connectivity index (χ0n) is 13.4. The fourth-order valence-corrected chi connectivity index (χ4v) is 2.92. The molecule has 2 amide bonds. The van der Waals surface area contributed by atoms with Crippen LogP contribution in [0, 0.1) is 0 Å². The first kappa shape index (κ1) is 17.4. The number of furan rings is 1. The van der Waals surface area contributed by atoms with Gasteiger partial charge >= 0.3 is 0 Å². The molecule has 3 rings (SSSR count). The number of aromatic nitrogens is 2. The van der Waals surface area contributed by atoms with Gasteiger partial charge in [0.2, 0.25) is 5.91 Å². The first-order valence-electron chi connectivity index (χ1n) is 7.90. The second-order valence-electron chi connectivity index (χ2n) is 5.42. The van der Waals surface area contributed by atoms with Crippen LogP contribution in [0.1, 0.15) is 23.4 Å². The molecule has 2 N–H and O–H groups in total. The van der Waals surface area contributed by atoms with Gasteiger partial charge in [-0.05, 0) is 37.1 Å². The minimum absolute atomic E-state index is 0.0718. The molecule has 3 heterocycles. The van der Waals surface area contributed by atoms with Crippen LogP contribution in [0.25, 0.3) is 0 Å². The van der Waals surface area contributed by atoms with Crippen molar-refractivity contribution in [3.63, 3.8) is 0 Å². The molecule has 25 heavy (non-hydrogen) atoms. The fourth-order valence-electron chi connectivity index (χ4n) is 2.27. The molecule has 1 unspecified atom stereocenters. The van der Waals surface area contributed by atoms with Crippen LogP contribution < -0.4 is 10.6 Å². The Bertz CT molecular complexity index is 699. The number of anilines is 1. The average molecular weight is 362 g/mol. The molecule has 1 aliphatic rings. The molecule has 8 nitrogen and oxygen atoms in total. The summed E-state index contributed by atoms with van der Waals surface area (Å²) < 4.78 is 10.5. The van der Waals surface area contributed by atoms with E-state index in [4.69, 9.17) is 9.15 Å². The number of nitrogens with one attached hydrogen (secondary N) is 2. The number of rotatable bonds is 7. The van der Waals surface area contributed by atoms with E-state index in [1.54, 1.807) is 24.3 Å². The normalized spacial score (nSPS) is 16.6. The van der Waals surface area contributed by atoms with Crippen molar-refractivity contribution in [2.75, 3.05) is 24.2 Å². The highest BCUT2D eigenvalue weighted by Crippen LogP contribution is 2.16. The van der Waals surface area contributed by atoms with Crippen molar-refractivity contribution in [3.8, 4) is 0 Å². The molecule has 1 fully saturated rings. The maximum Gasteiger partial charge on any atom is 0.292 e. The number of hydrogen-bond donors (Lipinski definition) is 2. The smallest absolute Gasteiger partial charge is 0.292 e. The van der Waals surface area contributed by atoms with Gasteiger partial charge in [-0.3, -0.25) is 9.59 Å². The number of nitrogens with zero attached hydrogens (tertiary/aromatic N) is 2. The number of thioether (sulfide) groups is 1. The molecule has 1 aliphatic heterocycles. The fraction of sp³-hybridized carbons (Fsp3) is 0.375. The van der Waals surface area contributed by atoms with E-state index >= 15 is 0 Å². The summed E-state index contributed by atoms with van der Waals surface area (Å²) in [6.07, 6.45) is 3.59. The Hall–Kier alpha value is -2.39. The molecule has 0 aliphatic carbocycles. The molecule has 0 aromatic carbocycles. The zero-order valence-corrected chi connectivity index (χ0v) is 14.3. The predicted octanol–water partition coefficient (Wildman–Crippen LogP) is 1.71. The second kappa shape index (κ2) is 8.63. The minimum Gasteiger partial charge on any atom is -0.459 e. The topological polar surface area (TPSA) is 106 Å². The Morgan fingerprint density at radius 2 is 2.20 bits per heavy atom. The van der Waals surface area contributed by atoms with Gasteiger partial charge in [0.15, 0.2) is 11.6 Å². The summed E-state index contributed by atoms with van der Waals surface area (Å²) in [5, 5.41) is 13.9. The third kappa shape index (κ3) is 5.30. The van der Waals surface area contributed by atoms with E-state index in [0.717, 1.165) is 19.4 Å². The SMILES string of the molecule is O=C(CSc1ccc(NC(=O)c2ccco2)nn1)NCC1CCCO1. The number of amides is 2. The van der Waals surface area contributed by atoms with Crippen molar-refractivity contribution in [1.82, 2.24) is 15.5 Å². The highest BCUT2D eigenvalue weighted by atomic mass is 32.2. The summed E-state index contributed by atoms with van der Waals surface area (Å²) in [5.74, 6) is 0.293. The number of carbonyl (C=O) groups excluding carboxylic acids is 2. The first-order chi connectivity index (χ1) is 12.2. The lowest BCUT2D eigenvalue weighted by molar-refractivity contribution is -0.119. The van der Waals surface area contributed by atoms with Gasteiger partial charge in [0, 0.05) is 13.2 Å². The molecule has 2 aromatic heterocycles. The third-order valence-corrected chi connectivity index (χ3v) is 4.45. The molecular formula is C16H18N4O4S. The van der Waals surface area contributed by atoms with Gasteiger partial charge < -0.3 is 19.8 Å². The van der Waals surface area contributed by atoms with Crippen LogP contribution in [0.5, 0.6) is 0 Å². The molecule has 132 valence electrons. The summed E-state index contributed by atoms with van der Waals surface area (Å²) in [7, 11) is 0. The monoisotopic (exact) mass is 362 g/mol. The molecule has 0 bridgehead atoms. The van der Waals surface area contributed by atoms with Crippen molar-refractivity contribution < 1.29 is 18.7 Å². The van der Waals surface area contributed by atoms with Gasteiger partial charge in [0.25, 0.3) is 5.91 Å². The predicted molar refractivity (Wildman–Crippen MR) is 91.4 cm³/mol. The Balaban J connectivity index is 1.41. The van der Waals surface area contributed by atoms with Gasteiger partial charge in [-0.2, -0.15) is 0 Å². The van der Waals surface area contributed by atoms with Crippen molar-refractivity contribution in [1.29, 1.82) is 0 Å². The molecule has 0 saturated carbocycles. The Morgan fingerprint density at radius 3 is 2.88 bits per heavy atom. The summed E-state index contributed by atoms with van der Waals surface area (Å²) in [5.41, 5.74) is 0. The zero-order chi connectivity index (χ0) is 17.5. The van der Waals surface area contributed by atoms with Crippen LogP contribution in [0.3, 0.4) is 0 Å². The van der Waals surface area contributed by atoms with E-state index in [-0.39, 0.29) is 23.5 Å². The van der Waals surface area contributed by atoms with Gasteiger partial charge in [-0.1, -0.05) is 11.8 Å². The lowest BCUT2D eigenvalue weighted by Crippen LogP contribution is -2.32. The molecule has 1 atom stereocenters. The quantitative estimate of drug-likeness (QED) is 0.722. The first-order valence-corrected chi connectivity index (χ1v) is 8.89. The molecule has 2 aromatic rings. The average Bonchev–Trinajstić information content (AvgIpc) is 3.33. The molecule has 0 radical (unpaired) electrons. The van der Waals surface area contributed by atoms with E-state index < -0.39 is 5.91 Å². The largest absolute Gasteiger partial charge is 0.459 e.